The number of carbonyl (C=O) groups excluding carboxylic acids is 2. The van der Waals surface area contributed by atoms with Gasteiger partial charge < -0.3 is 14.3 Å². The summed E-state index contributed by atoms with van der Waals surface area (Å²) in [5.74, 6) is -1.19. The highest BCUT2D eigenvalue weighted by atomic mass is 16.5. The molecule has 1 saturated carbocycles. The molecular formula is C20H22O5. The molecule has 1 heterocycles. The van der Waals surface area contributed by atoms with E-state index in [-0.39, 0.29) is 25.2 Å². The summed E-state index contributed by atoms with van der Waals surface area (Å²) in [5, 5.41) is 11.1. The van der Waals surface area contributed by atoms with E-state index in [2.05, 4.69) is 0 Å². The summed E-state index contributed by atoms with van der Waals surface area (Å²) in [6.07, 6.45) is 0.0615. The maximum absolute atomic E-state index is 12.8. The fourth-order valence-corrected chi connectivity index (χ4v) is 3.59. The van der Waals surface area contributed by atoms with Gasteiger partial charge in [0, 0.05) is 12.3 Å². The number of aliphatic hydroxyl groups is 1. The maximum Gasteiger partial charge on any atom is 0.317 e. The largest absolute Gasteiger partial charge is 0.465 e. The van der Waals surface area contributed by atoms with Crippen molar-refractivity contribution in [3.8, 4) is 0 Å². The molecule has 3 rings (SSSR count). The molecule has 1 aromatic heterocycles. The lowest BCUT2D eigenvalue weighted by molar-refractivity contribution is -0.158. The molecule has 3 atom stereocenters. The average molecular weight is 342 g/mol. The number of esters is 1. The van der Waals surface area contributed by atoms with Crippen LogP contribution in [0.1, 0.15) is 42.8 Å². The molecule has 0 amide bonds. The van der Waals surface area contributed by atoms with E-state index in [1.165, 1.54) is 0 Å². The second-order valence-corrected chi connectivity index (χ2v) is 6.54. The minimum absolute atomic E-state index is 0.160. The molecule has 2 aromatic rings. The van der Waals surface area contributed by atoms with Crippen molar-refractivity contribution in [2.75, 3.05) is 6.61 Å². The molecule has 0 aliphatic heterocycles. The molecule has 1 aliphatic rings. The number of rotatable bonds is 4. The Hall–Kier alpha value is -2.40. The van der Waals surface area contributed by atoms with Gasteiger partial charge in [-0.25, -0.2) is 0 Å². The molecule has 25 heavy (non-hydrogen) atoms. The number of ether oxygens (including phenoxy) is 1. The van der Waals surface area contributed by atoms with Crippen LogP contribution in [0.5, 0.6) is 0 Å². The van der Waals surface area contributed by atoms with Crippen molar-refractivity contribution < 1.29 is 23.8 Å². The summed E-state index contributed by atoms with van der Waals surface area (Å²) < 4.78 is 10.7. The number of benzene rings is 1. The van der Waals surface area contributed by atoms with Crippen LogP contribution in [0.15, 0.2) is 46.9 Å². The van der Waals surface area contributed by atoms with Gasteiger partial charge >= 0.3 is 5.97 Å². The fourth-order valence-electron chi connectivity index (χ4n) is 3.59. The first-order chi connectivity index (χ1) is 11.9. The van der Waals surface area contributed by atoms with E-state index in [1.807, 2.05) is 30.3 Å². The average Bonchev–Trinajstić information content (AvgIpc) is 3.02. The highest BCUT2D eigenvalue weighted by molar-refractivity contribution is 6.01. The van der Waals surface area contributed by atoms with E-state index in [0.29, 0.717) is 11.5 Å². The van der Waals surface area contributed by atoms with Crippen molar-refractivity contribution in [1.29, 1.82) is 0 Å². The van der Waals surface area contributed by atoms with Crippen molar-refractivity contribution in [1.82, 2.24) is 0 Å². The van der Waals surface area contributed by atoms with Crippen LogP contribution in [0, 0.1) is 12.8 Å². The van der Waals surface area contributed by atoms with Crippen molar-refractivity contribution in [2.45, 2.75) is 38.2 Å². The topological polar surface area (TPSA) is 76.7 Å². The Morgan fingerprint density at radius 2 is 2.00 bits per heavy atom. The van der Waals surface area contributed by atoms with Gasteiger partial charge in [0.15, 0.2) is 5.78 Å². The summed E-state index contributed by atoms with van der Waals surface area (Å²) in [6.45, 7) is 3.71. The lowest BCUT2D eigenvalue weighted by atomic mass is 9.67. The maximum atomic E-state index is 12.8. The summed E-state index contributed by atoms with van der Waals surface area (Å²) in [5.41, 5.74) is -0.593. The van der Waals surface area contributed by atoms with Crippen LogP contribution in [-0.4, -0.2) is 23.5 Å². The van der Waals surface area contributed by atoms with Crippen LogP contribution in [0.4, 0.5) is 0 Å². The molecule has 0 spiro atoms. The van der Waals surface area contributed by atoms with E-state index >= 15 is 0 Å². The first-order valence-electron chi connectivity index (χ1n) is 8.48. The van der Waals surface area contributed by atoms with Gasteiger partial charge in [-0.05, 0) is 38.0 Å². The van der Waals surface area contributed by atoms with E-state index in [0.717, 1.165) is 5.56 Å². The third-order valence-corrected chi connectivity index (χ3v) is 4.74. The van der Waals surface area contributed by atoms with Crippen molar-refractivity contribution in [3.05, 3.63) is 59.5 Å². The first kappa shape index (κ1) is 17.4. The Bertz CT molecular complexity index is 763. The summed E-state index contributed by atoms with van der Waals surface area (Å²) in [4.78, 5) is 25.2. The molecule has 132 valence electrons. The summed E-state index contributed by atoms with van der Waals surface area (Å²) in [7, 11) is 0. The van der Waals surface area contributed by atoms with Crippen molar-refractivity contribution >= 4 is 11.8 Å². The SMILES string of the molecule is CCOC(=O)C1C(=O)CC(O)(c2ccc(C)o2)CC1c1ccccc1. The third kappa shape index (κ3) is 3.37. The zero-order chi connectivity index (χ0) is 18.0. The number of hydrogen-bond acceptors (Lipinski definition) is 5. The predicted molar refractivity (Wildman–Crippen MR) is 90.9 cm³/mol. The monoisotopic (exact) mass is 342 g/mol. The lowest BCUT2D eigenvalue weighted by Gasteiger charge is -2.38. The quantitative estimate of drug-likeness (QED) is 0.682. The van der Waals surface area contributed by atoms with Gasteiger partial charge in [-0.1, -0.05) is 30.3 Å². The minimum Gasteiger partial charge on any atom is -0.465 e. The first-order valence-corrected chi connectivity index (χ1v) is 8.48. The van der Waals surface area contributed by atoms with Gasteiger partial charge in [0.1, 0.15) is 23.0 Å². The zero-order valence-corrected chi connectivity index (χ0v) is 14.4. The van der Waals surface area contributed by atoms with Gasteiger partial charge in [0.05, 0.1) is 6.61 Å². The van der Waals surface area contributed by atoms with Gasteiger partial charge in [-0.3, -0.25) is 9.59 Å². The predicted octanol–water partition coefficient (Wildman–Crippen LogP) is 3.10. The molecular weight excluding hydrogens is 320 g/mol. The Morgan fingerprint density at radius 3 is 2.60 bits per heavy atom. The highest BCUT2D eigenvalue weighted by Gasteiger charge is 2.50. The normalized spacial score (nSPS) is 26.4. The minimum atomic E-state index is -1.42. The van der Waals surface area contributed by atoms with Crippen LogP contribution in [-0.2, 0) is 19.9 Å². The Labute approximate surface area is 146 Å². The second kappa shape index (κ2) is 6.84. The van der Waals surface area contributed by atoms with Gasteiger partial charge in [0.2, 0.25) is 0 Å². The van der Waals surface area contributed by atoms with Crippen LogP contribution in [0.3, 0.4) is 0 Å². The lowest BCUT2D eigenvalue weighted by Crippen LogP contribution is -2.45. The zero-order valence-electron chi connectivity index (χ0n) is 14.4. The van der Waals surface area contributed by atoms with Crippen LogP contribution >= 0.6 is 0 Å². The molecule has 0 bridgehead atoms. The Balaban J connectivity index is 2.00. The molecule has 0 saturated heterocycles. The third-order valence-electron chi connectivity index (χ3n) is 4.74. The molecule has 5 heteroatoms. The standard InChI is InChI=1S/C20H22O5/c1-3-24-19(22)18-15(14-7-5-4-6-8-14)11-20(23,12-16(18)21)17-10-9-13(2)25-17/h4-10,15,18,23H,3,11-12H2,1-2H3. The van der Waals surface area contributed by atoms with Crippen LogP contribution < -0.4 is 0 Å². The summed E-state index contributed by atoms with van der Waals surface area (Å²) >= 11 is 0. The fraction of sp³-hybridized carbons (Fsp3) is 0.400. The highest BCUT2D eigenvalue weighted by Crippen LogP contribution is 2.46. The molecule has 3 unspecified atom stereocenters. The van der Waals surface area contributed by atoms with E-state index in [9.17, 15) is 14.7 Å². The number of carbonyl (C=O) groups is 2. The van der Waals surface area contributed by atoms with E-state index < -0.39 is 23.4 Å². The van der Waals surface area contributed by atoms with Crippen molar-refractivity contribution in [3.63, 3.8) is 0 Å². The molecule has 1 fully saturated rings. The van der Waals surface area contributed by atoms with Crippen LogP contribution in [0.2, 0.25) is 0 Å². The van der Waals surface area contributed by atoms with E-state index in [4.69, 9.17) is 9.15 Å². The number of hydrogen-bond donors (Lipinski definition) is 1. The molecule has 0 radical (unpaired) electrons. The molecule has 1 aromatic carbocycles. The molecule has 5 nitrogen and oxygen atoms in total. The van der Waals surface area contributed by atoms with Gasteiger partial charge in [-0.15, -0.1) is 0 Å². The number of furan rings is 1. The van der Waals surface area contributed by atoms with Crippen LogP contribution in [0.25, 0.3) is 0 Å². The molecule has 1 aliphatic carbocycles. The number of ketones is 1. The van der Waals surface area contributed by atoms with Gasteiger partial charge in [0.25, 0.3) is 0 Å². The summed E-state index contributed by atoms with van der Waals surface area (Å²) in [6, 6.07) is 12.8. The molecule has 1 N–H and O–H groups in total. The number of Topliss-reactive ketones (excluding diaryl/α,β-unsaturated/α-hetero) is 1. The Morgan fingerprint density at radius 1 is 1.28 bits per heavy atom. The van der Waals surface area contributed by atoms with E-state index in [1.54, 1.807) is 26.0 Å². The number of aryl methyl sites for hydroxylation is 1. The smallest absolute Gasteiger partial charge is 0.317 e. The Kier molecular flexibility index (Phi) is 4.77. The second-order valence-electron chi connectivity index (χ2n) is 6.54. The van der Waals surface area contributed by atoms with Gasteiger partial charge in [-0.2, -0.15) is 0 Å². The van der Waals surface area contributed by atoms with Crippen molar-refractivity contribution in [2.24, 2.45) is 5.92 Å².